The maximum Gasteiger partial charge on any atom is 0.228 e. The number of sulfonamides is 1. The van der Waals surface area contributed by atoms with Gasteiger partial charge in [-0.2, -0.15) is 0 Å². The molecular weight excluding hydrogens is 270 g/mol. The minimum Gasteiger partial charge on any atom is -0.399 e. The van der Waals surface area contributed by atoms with Crippen molar-refractivity contribution in [3.8, 4) is 0 Å². The summed E-state index contributed by atoms with van der Waals surface area (Å²) in [5.74, 6) is -0.325. The van der Waals surface area contributed by atoms with Crippen molar-refractivity contribution >= 4 is 27.3 Å². The van der Waals surface area contributed by atoms with Crippen molar-refractivity contribution in [3.05, 3.63) is 23.8 Å². The molecule has 7 nitrogen and oxygen atoms in total. The van der Waals surface area contributed by atoms with Crippen LogP contribution in [-0.2, 0) is 21.4 Å². The number of rotatable bonds is 3. The zero-order valence-corrected chi connectivity index (χ0v) is 10.9. The topological polar surface area (TPSA) is 127 Å². The molecule has 0 spiro atoms. The van der Waals surface area contributed by atoms with E-state index in [2.05, 4.69) is 0 Å². The van der Waals surface area contributed by atoms with Gasteiger partial charge in [-0.1, -0.05) is 0 Å². The fourth-order valence-corrected chi connectivity index (χ4v) is 2.82. The number of carbonyl (C=O) groups excluding carboxylic acids is 1. The number of nitrogens with two attached hydrogens (primary N) is 2. The number of anilines is 2. The Labute approximate surface area is 110 Å². The number of aliphatic hydroxyl groups excluding tert-OH is 1. The Morgan fingerprint density at radius 3 is 2.58 bits per heavy atom. The number of hydrogen-bond donors (Lipinski definition) is 3. The second-order valence-corrected chi connectivity index (χ2v) is 6.36. The molecule has 0 aliphatic carbocycles. The van der Waals surface area contributed by atoms with Gasteiger partial charge in [-0.05, 0) is 23.8 Å². The molecule has 19 heavy (non-hydrogen) atoms. The third-order valence-corrected chi connectivity index (χ3v) is 4.29. The van der Waals surface area contributed by atoms with Crippen molar-refractivity contribution in [1.29, 1.82) is 0 Å². The smallest absolute Gasteiger partial charge is 0.228 e. The van der Waals surface area contributed by atoms with Crippen molar-refractivity contribution in [3.63, 3.8) is 0 Å². The summed E-state index contributed by atoms with van der Waals surface area (Å²) in [5.41, 5.74) is 7.10. The van der Waals surface area contributed by atoms with Crippen molar-refractivity contribution in [1.82, 2.24) is 0 Å². The molecule has 0 bridgehead atoms. The molecule has 1 aromatic carbocycles. The molecule has 1 aromatic rings. The van der Waals surface area contributed by atoms with E-state index >= 15 is 0 Å². The summed E-state index contributed by atoms with van der Waals surface area (Å²) < 4.78 is 22.6. The van der Waals surface area contributed by atoms with Crippen LogP contribution >= 0.6 is 0 Å². The molecule has 2 rings (SSSR count). The summed E-state index contributed by atoms with van der Waals surface area (Å²) in [6, 6.07) is 4.74. The minimum atomic E-state index is -3.75. The zero-order chi connectivity index (χ0) is 14.2. The van der Waals surface area contributed by atoms with Crippen LogP contribution in [0.5, 0.6) is 0 Å². The highest BCUT2D eigenvalue weighted by atomic mass is 32.2. The molecule has 0 aromatic heterocycles. The highest BCUT2D eigenvalue weighted by Crippen LogP contribution is 2.27. The molecule has 1 aliphatic heterocycles. The Kier molecular flexibility index (Phi) is 3.48. The van der Waals surface area contributed by atoms with Gasteiger partial charge in [0.25, 0.3) is 0 Å². The zero-order valence-electron chi connectivity index (χ0n) is 10.1. The van der Waals surface area contributed by atoms with Gasteiger partial charge in [0, 0.05) is 24.3 Å². The van der Waals surface area contributed by atoms with Crippen LogP contribution in [-0.4, -0.2) is 31.2 Å². The van der Waals surface area contributed by atoms with Crippen molar-refractivity contribution in [2.24, 2.45) is 5.14 Å². The maximum absolute atomic E-state index is 11.8. The first-order valence-electron chi connectivity index (χ1n) is 5.63. The summed E-state index contributed by atoms with van der Waals surface area (Å²) >= 11 is 0. The fourth-order valence-electron chi connectivity index (χ4n) is 2.09. The van der Waals surface area contributed by atoms with Crippen LogP contribution in [0.1, 0.15) is 12.0 Å². The maximum atomic E-state index is 11.8. The van der Waals surface area contributed by atoms with E-state index in [1.54, 1.807) is 18.2 Å². The van der Waals surface area contributed by atoms with Crippen LogP contribution < -0.4 is 15.8 Å². The molecule has 1 atom stereocenters. The SMILES string of the molecule is Nc1cc(CO)cc(N2CC(S(N)(=O)=O)CC2=O)c1. The Morgan fingerprint density at radius 2 is 2.05 bits per heavy atom. The van der Waals surface area contributed by atoms with Crippen LogP contribution in [0.25, 0.3) is 0 Å². The number of benzene rings is 1. The van der Waals surface area contributed by atoms with E-state index in [-0.39, 0.29) is 25.5 Å². The average Bonchev–Trinajstić information content (AvgIpc) is 2.70. The first-order chi connectivity index (χ1) is 8.81. The van der Waals surface area contributed by atoms with Crippen LogP contribution in [0.2, 0.25) is 0 Å². The quantitative estimate of drug-likeness (QED) is 0.624. The van der Waals surface area contributed by atoms with E-state index in [9.17, 15) is 13.2 Å². The van der Waals surface area contributed by atoms with Crippen LogP contribution in [0.4, 0.5) is 11.4 Å². The first kappa shape index (κ1) is 13.8. The Bertz CT molecular complexity index is 614. The molecule has 0 radical (unpaired) electrons. The second-order valence-electron chi connectivity index (χ2n) is 4.51. The normalized spacial score (nSPS) is 20.0. The summed E-state index contributed by atoms with van der Waals surface area (Å²) in [7, 11) is -3.75. The van der Waals surface area contributed by atoms with Gasteiger partial charge in [-0.25, -0.2) is 13.6 Å². The van der Waals surface area contributed by atoms with Crippen molar-refractivity contribution < 1.29 is 18.3 Å². The predicted molar refractivity (Wildman–Crippen MR) is 70.6 cm³/mol. The van der Waals surface area contributed by atoms with E-state index in [0.717, 1.165) is 0 Å². The number of hydrogen-bond acceptors (Lipinski definition) is 5. The van der Waals surface area contributed by atoms with Crippen molar-refractivity contribution in [2.75, 3.05) is 17.2 Å². The van der Waals surface area contributed by atoms with E-state index in [4.69, 9.17) is 16.0 Å². The molecule has 0 saturated carbocycles. The summed E-state index contributed by atoms with van der Waals surface area (Å²) in [5, 5.41) is 13.3. The van der Waals surface area contributed by atoms with Crippen LogP contribution in [0.15, 0.2) is 18.2 Å². The summed E-state index contributed by atoms with van der Waals surface area (Å²) in [4.78, 5) is 13.2. The Balaban J connectivity index is 2.33. The number of nitrogen functional groups attached to an aromatic ring is 1. The van der Waals surface area contributed by atoms with Gasteiger partial charge in [0.1, 0.15) is 5.25 Å². The molecule has 5 N–H and O–H groups in total. The molecule has 8 heteroatoms. The number of amides is 1. The fraction of sp³-hybridized carbons (Fsp3) is 0.364. The van der Waals surface area contributed by atoms with Gasteiger partial charge in [0.15, 0.2) is 0 Å². The molecule has 104 valence electrons. The van der Waals surface area contributed by atoms with E-state index in [1.165, 1.54) is 4.90 Å². The van der Waals surface area contributed by atoms with Gasteiger partial charge in [-0.3, -0.25) is 4.79 Å². The number of nitrogens with zero attached hydrogens (tertiary/aromatic N) is 1. The lowest BCUT2D eigenvalue weighted by Gasteiger charge is -2.17. The number of carbonyl (C=O) groups is 1. The van der Waals surface area contributed by atoms with Crippen LogP contribution in [0.3, 0.4) is 0 Å². The third-order valence-electron chi connectivity index (χ3n) is 3.05. The van der Waals surface area contributed by atoms with Gasteiger partial charge >= 0.3 is 0 Å². The van der Waals surface area contributed by atoms with Crippen LogP contribution in [0, 0.1) is 0 Å². The monoisotopic (exact) mass is 285 g/mol. The molecular formula is C11H15N3O4S. The average molecular weight is 285 g/mol. The minimum absolute atomic E-state index is 0.00594. The lowest BCUT2D eigenvalue weighted by Crippen LogP contribution is -2.32. The third kappa shape index (κ3) is 2.86. The Hall–Kier alpha value is -1.64. The lowest BCUT2D eigenvalue weighted by atomic mass is 10.1. The number of primary sulfonamides is 1. The number of aliphatic hydroxyl groups is 1. The largest absolute Gasteiger partial charge is 0.399 e. The predicted octanol–water partition coefficient (Wildman–Crippen LogP) is -0.845. The van der Waals surface area contributed by atoms with Gasteiger partial charge in [-0.15, -0.1) is 0 Å². The molecule has 1 saturated heterocycles. The van der Waals surface area contributed by atoms with E-state index in [0.29, 0.717) is 16.9 Å². The standard InChI is InChI=1S/C11H15N3O4S/c12-8-1-7(6-15)2-9(3-8)14-5-10(4-11(14)16)19(13,17)18/h1-3,10,15H,4-6,12H2,(H2,13,17,18). The molecule has 1 aliphatic rings. The van der Waals surface area contributed by atoms with E-state index in [1.807, 2.05) is 0 Å². The van der Waals surface area contributed by atoms with E-state index < -0.39 is 15.3 Å². The molecule has 1 fully saturated rings. The Morgan fingerprint density at radius 1 is 1.37 bits per heavy atom. The highest BCUT2D eigenvalue weighted by Gasteiger charge is 2.37. The summed E-state index contributed by atoms with van der Waals surface area (Å²) in [6.45, 7) is -0.204. The van der Waals surface area contributed by atoms with Gasteiger partial charge in [0.05, 0.1) is 6.61 Å². The van der Waals surface area contributed by atoms with Gasteiger partial charge < -0.3 is 15.7 Å². The lowest BCUT2D eigenvalue weighted by molar-refractivity contribution is -0.117. The highest BCUT2D eigenvalue weighted by molar-refractivity contribution is 7.89. The molecule has 1 amide bonds. The molecule has 1 unspecified atom stereocenters. The van der Waals surface area contributed by atoms with Crippen molar-refractivity contribution in [2.45, 2.75) is 18.3 Å². The first-order valence-corrected chi connectivity index (χ1v) is 7.24. The molecule has 1 heterocycles. The van der Waals surface area contributed by atoms with Gasteiger partial charge in [0.2, 0.25) is 15.9 Å². The second kappa shape index (κ2) is 4.80. The summed E-state index contributed by atoms with van der Waals surface area (Å²) in [6.07, 6.45) is -0.137.